The molecule has 0 saturated carbocycles. The number of rotatable bonds is 5. The lowest BCUT2D eigenvalue weighted by Crippen LogP contribution is -2.40. The van der Waals surface area contributed by atoms with E-state index in [1.807, 2.05) is 0 Å². The SMILES string of the molecule is CC(C)(C)c1ccc(OCCN2CCCC(CN)C2)cc1. The van der Waals surface area contributed by atoms with Gasteiger partial charge in [-0.1, -0.05) is 32.9 Å². The second kappa shape index (κ2) is 7.28. The van der Waals surface area contributed by atoms with Crippen LogP contribution in [0.3, 0.4) is 0 Å². The second-order valence-corrected chi connectivity index (χ2v) is 7.17. The minimum absolute atomic E-state index is 0.198. The van der Waals surface area contributed by atoms with E-state index in [4.69, 9.17) is 10.5 Å². The van der Waals surface area contributed by atoms with Crippen molar-refractivity contribution in [1.29, 1.82) is 0 Å². The van der Waals surface area contributed by atoms with Gasteiger partial charge in [0, 0.05) is 13.1 Å². The van der Waals surface area contributed by atoms with E-state index in [9.17, 15) is 0 Å². The van der Waals surface area contributed by atoms with E-state index < -0.39 is 0 Å². The number of piperidine rings is 1. The van der Waals surface area contributed by atoms with Crippen molar-refractivity contribution in [2.45, 2.75) is 39.0 Å². The van der Waals surface area contributed by atoms with Crippen molar-refractivity contribution >= 4 is 0 Å². The Morgan fingerprint density at radius 1 is 1.24 bits per heavy atom. The molecule has 21 heavy (non-hydrogen) atoms. The van der Waals surface area contributed by atoms with Gasteiger partial charge in [0.05, 0.1) is 0 Å². The average molecular weight is 290 g/mol. The predicted molar refractivity (Wildman–Crippen MR) is 88.9 cm³/mol. The fourth-order valence-corrected chi connectivity index (χ4v) is 2.89. The molecule has 1 aliphatic rings. The van der Waals surface area contributed by atoms with Crippen LogP contribution < -0.4 is 10.5 Å². The number of nitrogens with two attached hydrogens (primary N) is 1. The molecule has 2 rings (SSSR count). The van der Waals surface area contributed by atoms with Crippen molar-refractivity contribution in [3.8, 4) is 5.75 Å². The summed E-state index contributed by atoms with van der Waals surface area (Å²) < 4.78 is 5.87. The van der Waals surface area contributed by atoms with Gasteiger partial charge < -0.3 is 10.5 Å². The number of benzene rings is 1. The molecular formula is C18H30N2O. The van der Waals surface area contributed by atoms with Crippen molar-refractivity contribution in [3.05, 3.63) is 29.8 Å². The van der Waals surface area contributed by atoms with Crippen LogP contribution in [0.4, 0.5) is 0 Å². The maximum Gasteiger partial charge on any atom is 0.119 e. The highest BCUT2D eigenvalue weighted by Crippen LogP contribution is 2.24. The maximum absolute atomic E-state index is 5.87. The minimum Gasteiger partial charge on any atom is -0.492 e. The summed E-state index contributed by atoms with van der Waals surface area (Å²) in [4.78, 5) is 2.48. The van der Waals surface area contributed by atoms with Gasteiger partial charge in [-0.15, -0.1) is 0 Å². The first kappa shape index (κ1) is 16.3. The van der Waals surface area contributed by atoms with Crippen LogP contribution >= 0.6 is 0 Å². The van der Waals surface area contributed by atoms with E-state index in [0.717, 1.165) is 32.0 Å². The highest BCUT2D eigenvalue weighted by atomic mass is 16.5. The lowest BCUT2D eigenvalue weighted by atomic mass is 9.87. The van der Waals surface area contributed by atoms with Gasteiger partial charge in [0.1, 0.15) is 12.4 Å². The Balaban J connectivity index is 1.76. The third kappa shape index (κ3) is 5.01. The lowest BCUT2D eigenvalue weighted by Gasteiger charge is -2.31. The smallest absolute Gasteiger partial charge is 0.119 e. The van der Waals surface area contributed by atoms with Crippen LogP contribution in [0.15, 0.2) is 24.3 Å². The van der Waals surface area contributed by atoms with Crippen LogP contribution in [0.1, 0.15) is 39.2 Å². The van der Waals surface area contributed by atoms with Crippen LogP contribution in [0.25, 0.3) is 0 Å². The van der Waals surface area contributed by atoms with E-state index in [1.54, 1.807) is 0 Å². The summed E-state index contributed by atoms with van der Waals surface area (Å²) in [6, 6.07) is 8.50. The molecule has 2 N–H and O–H groups in total. The average Bonchev–Trinajstić information content (AvgIpc) is 2.47. The third-order valence-corrected chi connectivity index (χ3v) is 4.33. The van der Waals surface area contributed by atoms with Crippen molar-refractivity contribution in [1.82, 2.24) is 4.90 Å². The summed E-state index contributed by atoms with van der Waals surface area (Å²) in [5.41, 5.74) is 7.32. The van der Waals surface area contributed by atoms with Gasteiger partial charge in [0.2, 0.25) is 0 Å². The summed E-state index contributed by atoms with van der Waals surface area (Å²) in [6.45, 7) is 11.6. The van der Waals surface area contributed by atoms with Gasteiger partial charge >= 0.3 is 0 Å². The molecule has 1 heterocycles. The lowest BCUT2D eigenvalue weighted by molar-refractivity contribution is 0.149. The third-order valence-electron chi connectivity index (χ3n) is 4.33. The molecule has 1 atom stereocenters. The standard InChI is InChI=1S/C18H30N2O/c1-18(2,3)16-6-8-17(9-7-16)21-12-11-20-10-4-5-15(13-19)14-20/h6-9,15H,4-5,10-14,19H2,1-3H3. The summed E-state index contributed by atoms with van der Waals surface area (Å²) >= 11 is 0. The van der Waals surface area contributed by atoms with Crippen LogP contribution in [-0.4, -0.2) is 37.7 Å². The zero-order valence-electron chi connectivity index (χ0n) is 13.8. The first-order valence-electron chi connectivity index (χ1n) is 8.15. The number of ether oxygens (including phenoxy) is 1. The largest absolute Gasteiger partial charge is 0.492 e. The fourth-order valence-electron chi connectivity index (χ4n) is 2.89. The van der Waals surface area contributed by atoms with E-state index in [-0.39, 0.29) is 5.41 Å². The molecule has 1 unspecified atom stereocenters. The molecule has 0 aliphatic carbocycles. The summed E-state index contributed by atoms with van der Waals surface area (Å²) in [5.74, 6) is 1.64. The molecule has 1 fully saturated rings. The molecule has 3 heteroatoms. The monoisotopic (exact) mass is 290 g/mol. The van der Waals surface area contributed by atoms with Crippen LogP contribution in [0.2, 0.25) is 0 Å². The van der Waals surface area contributed by atoms with Gasteiger partial charge in [-0.25, -0.2) is 0 Å². The molecule has 3 nitrogen and oxygen atoms in total. The second-order valence-electron chi connectivity index (χ2n) is 7.17. The van der Waals surface area contributed by atoms with Crippen LogP contribution in [0.5, 0.6) is 5.75 Å². The maximum atomic E-state index is 5.87. The Morgan fingerprint density at radius 2 is 1.95 bits per heavy atom. The van der Waals surface area contributed by atoms with E-state index in [0.29, 0.717) is 5.92 Å². The number of hydrogen-bond acceptors (Lipinski definition) is 3. The van der Waals surface area contributed by atoms with Gasteiger partial charge in [-0.05, 0) is 55.0 Å². The Bertz CT molecular complexity index is 422. The molecule has 1 aromatic rings. The first-order valence-corrected chi connectivity index (χ1v) is 8.15. The minimum atomic E-state index is 0.198. The first-order chi connectivity index (χ1) is 9.99. The number of hydrogen-bond donors (Lipinski definition) is 1. The molecular weight excluding hydrogens is 260 g/mol. The summed E-state index contributed by atoms with van der Waals surface area (Å²) in [5, 5.41) is 0. The Labute approximate surface area is 129 Å². The molecule has 0 bridgehead atoms. The zero-order chi connectivity index (χ0) is 15.3. The van der Waals surface area contributed by atoms with E-state index in [2.05, 4.69) is 49.9 Å². The Kier molecular flexibility index (Phi) is 5.65. The quantitative estimate of drug-likeness (QED) is 0.906. The van der Waals surface area contributed by atoms with Crippen molar-refractivity contribution in [2.24, 2.45) is 11.7 Å². The molecule has 1 saturated heterocycles. The zero-order valence-corrected chi connectivity index (χ0v) is 13.8. The Morgan fingerprint density at radius 3 is 2.57 bits per heavy atom. The van der Waals surface area contributed by atoms with Crippen molar-refractivity contribution in [3.63, 3.8) is 0 Å². The van der Waals surface area contributed by atoms with Crippen molar-refractivity contribution in [2.75, 3.05) is 32.8 Å². The topological polar surface area (TPSA) is 38.5 Å². The van der Waals surface area contributed by atoms with Gasteiger partial charge in [-0.3, -0.25) is 4.90 Å². The molecule has 1 aromatic carbocycles. The van der Waals surface area contributed by atoms with E-state index in [1.165, 1.54) is 24.9 Å². The normalized spacial score (nSPS) is 20.5. The summed E-state index contributed by atoms with van der Waals surface area (Å²) in [7, 11) is 0. The molecule has 0 radical (unpaired) electrons. The fraction of sp³-hybridized carbons (Fsp3) is 0.667. The summed E-state index contributed by atoms with van der Waals surface area (Å²) in [6.07, 6.45) is 2.55. The van der Waals surface area contributed by atoms with Gasteiger partial charge in [0.15, 0.2) is 0 Å². The van der Waals surface area contributed by atoms with Crippen LogP contribution in [0, 0.1) is 5.92 Å². The van der Waals surface area contributed by atoms with Gasteiger partial charge in [-0.2, -0.15) is 0 Å². The molecule has 118 valence electrons. The molecule has 1 aliphatic heterocycles. The van der Waals surface area contributed by atoms with Crippen molar-refractivity contribution < 1.29 is 4.74 Å². The van der Waals surface area contributed by atoms with Crippen LogP contribution in [-0.2, 0) is 5.41 Å². The molecule has 0 aromatic heterocycles. The van der Waals surface area contributed by atoms with Gasteiger partial charge in [0.25, 0.3) is 0 Å². The number of nitrogens with zero attached hydrogens (tertiary/aromatic N) is 1. The predicted octanol–water partition coefficient (Wildman–Crippen LogP) is 3.03. The Hall–Kier alpha value is -1.06. The highest BCUT2D eigenvalue weighted by molar-refractivity contribution is 5.31. The molecule has 0 amide bonds. The highest BCUT2D eigenvalue weighted by Gasteiger charge is 2.18. The number of likely N-dealkylation sites (tertiary alicyclic amines) is 1. The molecule has 0 spiro atoms. The van der Waals surface area contributed by atoms with E-state index >= 15 is 0 Å².